The molecule has 0 spiro atoms. The topological polar surface area (TPSA) is 81.5 Å². The van der Waals surface area contributed by atoms with Crippen LogP contribution in [0.3, 0.4) is 0 Å². The predicted molar refractivity (Wildman–Crippen MR) is 132 cm³/mol. The SMILES string of the molecule is Cn1cnc(C(=O)N(Cc2ccc(F)c(-c3cccc(CCCOS(C)(=O)=O)c3)c2)C2CCC2)c1. The Kier molecular flexibility index (Phi) is 7.66. The zero-order valence-electron chi connectivity index (χ0n) is 20.0. The largest absolute Gasteiger partial charge is 0.340 e. The minimum Gasteiger partial charge on any atom is -0.340 e. The summed E-state index contributed by atoms with van der Waals surface area (Å²) < 4.78 is 43.6. The van der Waals surface area contributed by atoms with Crippen LogP contribution >= 0.6 is 0 Å². The molecule has 3 aromatic rings. The van der Waals surface area contributed by atoms with Crippen molar-refractivity contribution in [3.63, 3.8) is 0 Å². The second-order valence-electron chi connectivity index (χ2n) is 9.09. The zero-order valence-corrected chi connectivity index (χ0v) is 20.8. The number of halogens is 1. The van der Waals surface area contributed by atoms with E-state index in [4.69, 9.17) is 4.18 Å². The molecule has 9 heteroatoms. The van der Waals surface area contributed by atoms with Crippen molar-refractivity contribution in [3.05, 3.63) is 77.6 Å². The molecule has 4 rings (SSSR count). The average molecular weight is 500 g/mol. The lowest BCUT2D eigenvalue weighted by Gasteiger charge is -2.37. The number of aromatic nitrogens is 2. The number of hydrogen-bond acceptors (Lipinski definition) is 5. The van der Waals surface area contributed by atoms with Crippen molar-refractivity contribution in [1.29, 1.82) is 0 Å². The van der Waals surface area contributed by atoms with Crippen LogP contribution in [0.15, 0.2) is 55.0 Å². The van der Waals surface area contributed by atoms with Crippen molar-refractivity contribution in [1.82, 2.24) is 14.5 Å². The number of hydrogen-bond donors (Lipinski definition) is 0. The molecule has 35 heavy (non-hydrogen) atoms. The summed E-state index contributed by atoms with van der Waals surface area (Å²) in [5.74, 6) is -0.447. The van der Waals surface area contributed by atoms with Crippen LogP contribution < -0.4 is 0 Å². The first kappa shape index (κ1) is 25.1. The van der Waals surface area contributed by atoms with E-state index in [1.54, 1.807) is 29.2 Å². The lowest BCUT2D eigenvalue weighted by Crippen LogP contribution is -2.43. The fourth-order valence-corrected chi connectivity index (χ4v) is 4.63. The molecule has 0 bridgehead atoms. The molecule has 1 aromatic heterocycles. The van der Waals surface area contributed by atoms with Gasteiger partial charge in [0.2, 0.25) is 0 Å². The first-order valence-electron chi connectivity index (χ1n) is 11.7. The van der Waals surface area contributed by atoms with E-state index in [1.165, 1.54) is 6.07 Å². The maximum atomic E-state index is 14.8. The highest BCUT2D eigenvalue weighted by atomic mass is 32.2. The average Bonchev–Trinajstić information content (AvgIpc) is 3.21. The van der Waals surface area contributed by atoms with Gasteiger partial charge in [0, 0.05) is 31.4 Å². The standard InChI is InChI=1S/C26H30FN3O4S/c1-29-17-25(28-18-29)26(31)30(22-9-4-10-22)16-20-11-12-24(27)23(15-20)21-8-3-6-19(14-21)7-5-13-34-35(2,32)33/h3,6,8,11-12,14-15,17-18,22H,4-5,7,9-10,13,16H2,1-2H3. The number of amides is 1. The van der Waals surface area contributed by atoms with Crippen LogP contribution in [0.2, 0.25) is 0 Å². The number of aryl methyl sites for hydroxylation is 2. The van der Waals surface area contributed by atoms with Gasteiger partial charge < -0.3 is 9.47 Å². The number of carbonyl (C=O) groups is 1. The Hall–Kier alpha value is -3.04. The van der Waals surface area contributed by atoms with E-state index in [1.807, 2.05) is 36.2 Å². The third-order valence-corrected chi connectivity index (χ3v) is 6.82. The lowest BCUT2D eigenvalue weighted by atomic mass is 9.90. The van der Waals surface area contributed by atoms with Gasteiger partial charge in [-0.05, 0) is 60.9 Å². The lowest BCUT2D eigenvalue weighted by molar-refractivity contribution is 0.0551. The second kappa shape index (κ2) is 10.7. The van der Waals surface area contributed by atoms with Crippen LogP contribution in [0.1, 0.15) is 47.3 Å². The normalized spacial score (nSPS) is 14.0. The van der Waals surface area contributed by atoms with Gasteiger partial charge in [-0.15, -0.1) is 0 Å². The second-order valence-corrected chi connectivity index (χ2v) is 10.7. The number of rotatable bonds is 10. The first-order valence-corrected chi connectivity index (χ1v) is 13.5. The molecule has 0 unspecified atom stereocenters. The molecular weight excluding hydrogens is 469 g/mol. The Morgan fingerprint density at radius 1 is 1.20 bits per heavy atom. The number of nitrogens with zero attached hydrogens (tertiary/aromatic N) is 3. The Balaban J connectivity index is 1.51. The van der Waals surface area contributed by atoms with E-state index in [-0.39, 0.29) is 24.4 Å². The van der Waals surface area contributed by atoms with E-state index in [2.05, 4.69) is 4.98 Å². The number of imidazole rings is 1. The molecule has 0 atom stereocenters. The molecule has 1 saturated carbocycles. The Bertz CT molecular complexity index is 1300. The van der Waals surface area contributed by atoms with Crippen molar-refractivity contribution in [2.45, 2.75) is 44.7 Å². The fourth-order valence-electron chi connectivity index (χ4n) is 4.21. The molecule has 0 radical (unpaired) electrons. The summed E-state index contributed by atoms with van der Waals surface area (Å²) in [5.41, 5.74) is 3.43. The van der Waals surface area contributed by atoms with Gasteiger partial charge in [0.1, 0.15) is 11.5 Å². The van der Waals surface area contributed by atoms with Gasteiger partial charge in [-0.1, -0.05) is 30.3 Å². The summed E-state index contributed by atoms with van der Waals surface area (Å²) >= 11 is 0. The van der Waals surface area contributed by atoms with Gasteiger partial charge in [-0.3, -0.25) is 8.98 Å². The summed E-state index contributed by atoms with van der Waals surface area (Å²) in [5, 5.41) is 0. The summed E-state index contributed by atoms with van der Waals surface area (Å²) in [6.45, 7) is 0.490. The minimum absolute atomic E-state index is 0.105. The van der Waals surface area contributed by atoms with E-state index >= 15 is 0 Å². The van der Waals surface area contributed by atoms with E-state index in [0.29, 0.717) is 30.6 Å². The first-order chi connectivity index (χ1) is 16.7. The highest BCUT2D eigenvalue weighted by molar-refractivity contribution is 7.85. The molecule has 1 heterocycles. The van der Waals surface area contributed by atoms with Gasteiger partial charge in [-0.2, -0.15) is 8.42 Å². The Morgan fingerprint density at radius 2 is 2.00 bits per heavy atom. The van der Waals surface area contributed by atoms with Crippen LogP contribution in [-0.2, 0) is 34.3 Å². The van der Waals surface area contributed by atoms with Crippen LogP contribution in [0, 0.1) is 5.82 Å². The van der Waals surface area contributed by atoms with Crippen molar-refractivity contribution >= 4 is 16.0 Å². The summed E-state index contributed by atoms with van der Waals surface area (Å²) in [6, 6.07) is 12.7. The highest BCUT2D eigenvalue weighted by Crippen LogP contribution is 2.30. The third-order valence-electron chi connectivity index (χ3n) is 6.23. The maximum absolute atomic E-state index is 14.8. The van der Waals surface area contributed by atoms with Crippen LogP contribution in [-0.4, -0.2) is 47.7 Å². The quantitative estimate of drug-likeness (QED) is 0.306. The van der Waals surface area contributed by atoms with Crippen molar-refractivity contribution in [2.24, 2.45) is 7.05 Å². The predicted octanol–water partition coefficient (Wildman–Crippen LogP) is 4.33. The Morgan fingerprint density at radius 3 is 2.66 bits per heavy atom. The summed E-state index contributed by atoms with van der Waals surface area (Å²) in [6.07, 6.45) is 8.50. The maximum Gasteiger partial charge on any atom is 0.274 e. The van der Waals surface area contributed by atoms with Gasteiger partial charge in [-0.25, -0.2) is 9.37 Å². The van der Waals surface area contributed by atoms with Gasteiger partial charge in [0.05, 0.1) is 19.2 Å². The van der Waals surface area contributed by atoms with Gasteiger partial charge in [0.25, 0.3) is 16.0 Å². The molecular formula is C26H30FN3O4S. The molecule has 1 amide bonds. The fraction of sp³-hybridized carbons (Fsp3) is 0.385. The third kappa shape index (κ3) is 6.55. The molecule has 7 nitrogen and oxygen atoms in total. The van der Waals surface area contributed by atoms with Crippen LogP contribution in [0.25, 0.3) is 11.1 Å². The summed E-state index contributed by atoms with van der Waals surface area (Å²) in [7, 11) is -1.63. The number of carbonyl (C=O) groups excluding carboxylic acids is 1. The van der Waals surface area contributed by atoms with E-state index < -0.39 is 10.1 Å². The van der Waals surface area contributed by atoms with Gasteiger partial charge in [0.15, 0.2) is 0 Å². The van der Waals surface area contributed by atoms with Crippen molar-refractivity contribution < 1.29 is 21.8 Å². The monoisotopic (exact) mass is 499 g/mol. The molecule has 0 aliphatic heterocycles. The Labute approximate surface area is 205 Å². The molecule has 1 fully saturated rings. The molecule has 0 saturated heterocycles. The van der Waals surface area contributed by atoms with Crippen molar-refractivity contribution in [2.75, 3.05) is 12.9 Å². The van der Waals surface area contributed by atoms with Crippen LogP contribution in [0.4, 0.5) is 4.39 Å². The van der Waals surface area contributed by atoms with Gasteiger partial charge >= 0.3 is 0 Å². The van der Waals surface area contributed by atoms with E-state index in [0.717, 1.165) is 42.2 Å². The molecule has 0 N–H and O–H groups in total. The van der Waals surface area contributed by atoms with Crippen molar-refractivity contribution in [3.8, 4) is 11.1 Å². The molecule has 2 aromatic carbocycles. The summed E-state index contributed by atoms with van der Waals surface area (Å²) in [4.78, 5) is 19.2. The van der Waals surface area contributed by atoms with Crippen LogP contribution in [0.5, 0.6) is 0 Å². The highest BCUT2D eigenvalue weighted by Gasteiger charge is 2.30. The molecule has 1 aliphatic carbocycles. The number of benzene rings is 2. The minimum atomic E-state index is -3.46. The van der Waals surface area contributed by atoms with E-state index in [9.17, 15) is 17.6 Å². The molecule has 1 aliphatic rings. The smallest absolute Gasteiger partial charge is 0.274 e. The molecule has 186 valence electrons. The zero-order chi connectivity index (χ0) is 25.0.